The van der Waals surface area contributed by atoms with Crippen molar-refractivity contribution in [1.82, 2.24) is 4.31 Å². The topological polar surface area (TPSA) is 46.6 Å². The van der Waals surface area contributed by atoms with Gasteiger partial charge in [-0.05, 0) is 37.1 Å². The van der Waals surface area contributed by atoms with Crippen molar-refractivity contribution in [2.24, 2.45) is 0 Å². The molecule has 1 saturated heterocycles. The second-order valence-corrected chi connectivity index (χ2v) is 7.50. The lowest BCUT2D eigenvalue weighted by Crippen LogP contribution is -2.32. The quantitative estimate of drug-likeness (QED) is 0.840. The number of sulfonamides is 1. The molecule has 6 heteroatoms. The minimum atomic E-state index is -3.30. The third kappa shape index (κ3) is 3.78. The summed E-state index contributed by atoms with van der Waals surface area (Å²) in [5.74, 6) is 0. The van der Waals surface area contributed by atoms with Crippen LogP contribution in [0.25, 0.3) is 0 Å². The standard InChI is InChI=1S/C13H21NO3S2/c1-2-9-17-12-4-3-7-14(8-5-12)19(15,16)13-6-10-18-11-13/h6,10-12H,2-5,7-9H2,1H3. The maximum Gasteiger partial charge on any atom is 0.243 e. The van der Waals surface area contributed by atoms with E-state index in [9.17, 15) is 8.42 Å². The van der Waals surface area contributed by atoms with Gasteiger partial charge in [0.15, 0.2) is 0 Å². The van der Waals surface area contributed by atoms with Gasteiger partial charge in [0.05, 0.1) is 11.0 Å². The zero-order chi connectivity index (χ0) is 13.7. The molecule has 1 aliphatic rings. The van der Waals surface area contributed by atoms with Crippen LogP contribution in [0.5, 0.6) is 0 Å². The van der Waals surface area contributed by atoms with E-state index in [4.69, 9.17) is 4.74 Å². The summed E-state index contributed by atoms with van der Waals surface area (Å²) in [7, 11) is -3.30. The summed E-state index contributed by atoms with van der Waals surface area (Å²) in [5.41, 5.74) is 0. The van der Waals surface area contributed by atoms with Gasteiger partial charge in [0, 0.05) is 25.1 Å². The van der Waals surface area contributed by atoms with Crippen LogP contribution in [0.1, 0.15) is 32.6 Å². The van der Waals surface area contributed by atoms with Crippen LogP contribution in [-0.4, -0.2) is 38.5 Å². The van der Waals surface area contributed by atoms with Crippen LogP contribution in [0, 0.1) is 0 Å². The summed E-state index contributed by atoms with van der Waals surface area (Å²) < 4.78 is 32.2. The van der Waals surface area contributed by atoms with E-state index in [-0.39, 0.29) is 6.10 Å². The van der Waals surface area contributed by atoms with Crippen molar-refractivity contribution in [3.05, 3.63) is 16.8 Å². The average molecular weight is 303 g/mol. The highest BCUT2D eigenvalue weighted by Gasteiger charge is 2.27. The second-order valence-electron chi connectivity index (χ2n) is 4.79. The molecule has 1 aromatic rings. The monoisotopic (exact) mass is 303 g/mol. The summed E-state index contributed by atoms with van der Waals surface area (Å²) in [6.07, 6.45) is 3.84. The summed E-state index contributed by atoms with van der Waals surface area (Å²) >= 11 is 1.42. The molecule has 2 rings (SSSR count). The Morgan fingerprint density at radius 2 is 2.26 bits per heavy atom. The highest BCUT2D eigenvalue weighted by molar-refractivity contribution is 7.89. The van der Waals surface area contributed by atoms with Crippen LogP contribution in [0.2, 0.25) is 0 Å². The molecule has 1 aliphatic heterocycles. The lowest BCUT2D eigenvalue weighted by atomic mass is 10.2. The van der Waals surface area contributed by atoms with E-state index < -0.39 is 10.0 Å². The molecule has 1 aromatic heterocycles. The predicted octanol–water partition coefficient (Wildman–Crippen LogP) is 2.72. The fourth-order valence-corrected chi connectivity index (χ4v) is 4.79. The van der Waals surface area contributed by atoms with E-state index >= 15 is 0 Å². The van der Waals surface area contributed by atoms with E-state index in [1.54, 1.807) is 21.1 Å². The molecule has 0 saturated carbocycles. The Morgan fingerprint density at radius 3 is 2.95 bits per heavy atom. The van der Waals surface area contributed by atoms with Crippen LogP contribution >= 0.6 is 11.3 Å². The largest absolute Gasteiger partial charge is 0.378 e. The predicted molar refractivity (Wildman–Crippen MR) is 77.0 cm³/mol. The van der Waals surface area contributed by atoms with Gasteiger partial charge >= 0.3 is 0 Å². The first-order valence-electron chi connectivity index (χ1n) is 6.78. The number of hydrogen-bond acceptors (Lipinski definition) is 4. The molecule has 0 spiro atoms. The Labute approximate surface area is 119 Å². The smallest absolute Gasteiger partial charge is 0.243 e. The Hall–Kier alpha value is -0.430. The Bertz CT molecular complexity index is 470. The van der Waals surface area contributed by atoms with Gasteiger partial charge in [-0.25, -0.2) is 8.42 Å². The molecule has 4 nitrogen and oxygen atoms in total. The number of ether oxygens (including phenoxy) is 1. The van der Waals surface area contributed by atoms with E-state index in [1.165, 1.54) is 11.3 Å². The summed E-state index contributed by atoms with van der Waals surface area (Å²) in [4.78, 5) is 0.422. The van der Waals surface area contributed by atoms with Crippen molar-refractivity contribution in [1.29, 1.82) is 0 Å². The highest BCUT2D eigenvalue weighted by atomic mass is 32.2. The Morgan fingerprint density at radius 1 is 1.42 bits per heavy atom. The average Bonchev–Trinajstić information content (AvgIpc) is 2.83. The van der Waals surface area contributed by atoms with Gasteiger partial charge in [0.25, 0.3) is 0 Å². The fourth-order valence-electron chi connectivity index (χ4n) is 2.28. The van der Waals surface area contributed by atoms with Crippen molar-refractivity contribution in [2.45, 2.75) is 43.6 Å². The third-order valence-corrected chi connectivity index (χ3v) is 6.05. The molecule has 19 heavy (non-hydrogen) atoms. The van der Waals surface area contributed by atoms with Gasteiger partial charge in [-0.1, -0.05) is 6.92 Å². The van der Waals surface area contributed by atoms with Crippen molar-refractivity contribution in [3.8, 4) is 0 Å². The SMILES string of the molecule is CCCOC1CCCN(S(=O)(=O)c2ccsc2)CC1. The second kappa shape index (κ2) is 6.83. The fraction of sp³-hybridized carbons (Fsp3) is 0.692. The molecule has 1 atom stereocenters. The number of nitrogens with zero attached hydrogens (tertiary/aromatic N) is 1. The first-order valence-corrected chi connectivity index (χ1v) is 9.17. The molecule has 0 aliphatic carbocycles. The van der Waals surface area contributed by atoms with Gasteiger partial charge in [0.1, 0.15) is 0 Å². The molecule has 1 unspecified atom stereocenters. The van der Waals surface area contributed by atoms with Crippen LogP contribution in [-0.2, 0) is 14.8 Å². The van der Waals surface area contributed by atoms with Gasteiger partial charge < -0.3 is 4.74 Å². The minimum absolute atomic E-state index is 0.211. The van der Waals surface area contributed by atoms with E-state index in [0.717, 1.165) is 32.3 Å². The van der Waals surface area contributed by atoms with Crippen molar-refractivity contribution >= 4 is 21.4 Å². The van der Waals surface area contributed by atoms with Crippen LogP contribution < -0.4 is 0 Å². The molecular formula is C13H21NO3S2. The maximum absolute atomic E-state index is 12.4. The van der Waals surface area contributed by atoms with E-state index in [1.807, 2.05) is 0 Å². The van der Waals surface area contributed by atoms with Crippen molar-refractivity contribution in [2.75, 3.05) is 19.7 Å². The molecule has 0 radical (unpaired) electrons. The number of thiophene rings is 1. The Kier molecular flexibility index (Phi) is 5.38. The summed E-state index contributed by atoms with van der Waals surface area (Å²) in [6.45, 7) is 4.02. The van der Waals surface area contributed by atoms with Gasteiger partial charge in [-0.3, -0.25) is 0 Å². The van der Waals surface area contributed by atoms with Crippen LogP contribution in [0.4, 0.5) is 0 Å². The van der Waals surface area contributed by atoms with Crippen molar-refractivity contribution in [3.63, 3.8) is 0 Å². The molecule has 2 heterocycles. The van der Waals surface area contributed by atoms with Gasteiger partial charge in [-0.2, -0.15) is 15.6 Å². The third-order valence-electron chi connectivity index (χ3n) is 3.32. The first kappa shape index (κ1) is 15.0. The highest BCUT2D eigenvalue weighted by Crippen LogP contribution is 2.23. The zero-order valence-electron chi connectivity index (χ0n) is 11.2. The molecule has 0 aromatic carbocycles. The molecule has 0 amide bonds. The normalized spacial score (nSPS) is 22.3. The minimum Gasteiger partial charge on any atom is -0.378 e. The molecule has 0 bridgehead atoms. The van der Waals surface area contributed by atoms with Gasteiger partial charge in [0.2, 0.25) is 10.0 Å². The zero-order valence-corrected chi connectivity index (χ0v) is 12.9. The van der Waals surface area contributed by atoms with Crippen LogP contribution in [0.3, 0.4) is 0 Å². The molecular weight excluding hydrogens is 282 g/mol. The first-order chi connectivity index (χ1) is 9.14. The molecule has 0 N–H and O–H groups in total. The summed E-state index contributed by atoms with van der Waals surface area (Å²) in [5, 5.41) is 3.50. The van der Waals surface area contributed by atoms with Crippen molar-refractivity contribution < 1.29 is 13.2 Å². The van der Waals surface area contributed by atoms with Crippen LogP contribution in [0.15, 0.2) is 21.7 Å². The maximum atomic E-state index is 12.4. The lowest BCUT2D eigenvalue weighted by Gasteiger charge is -2.19. The molecule has 1 fully saturated rings. The Balaban J connectivity index is 1.99. The molecule has 108 valence electrons. The summed E-state index contributed by atoms with van der Waals surface area (Å²) in [6, 6.07) is 1.68. The van der Waals surface area contributed by atoms with E-state index in [2.05, 4.69) is 6.92 Å². The lowest BCUT2D eigenvalue weighted by molar-refractivity contribution is 0.0450. The van der Waals surface area contributed by atoms with E-state index in [0.29, 0.717) is 18.0 Å². The number of hydrogen-bond donors (Lipinski definition) is 0. The van der Waals surface area contributed by atoms with Gasteiger partial charge in [-0.15, -0.1) is 0 Å². The number of rotatable bonds is 5.